The highest BCUT2D eigenvalue weighted by Gasteiger charge is 2.37. The monoisotopic (exact) mass is 330 g/mol. The number of hydrogen-bond donors (Lipinski definition) is 2. The second kappa shape index (κ2) is 7.39. The first-order valence-corrected chi connectivity index (χ1v) is 8.76. The number of aromatic carboxylic acids is 1. The Morgan fingerprint density at radius 2 is 1.92 bits per heavy atom. The molecule has 24 heavy (non-hydrogen) atoms. The van der Waals surface area contributed by atoms with Crippen molar-refractivity contribution in [1.82, 2.24) is 0 Å². The molecule has 0 unspecified atom stereocenters. The fourth-order valence-electron chi connectivity index (χ4n) is 3.92. The molecule has 2 N–H and O–H groups in total. The van der Waals surface area contributed by atoms with Crippen molar-refractivity contribution in [3.05, 3.63) is 29.3 Å². The third-order valence-electron chi connectivity index (χ3n) is 5.18. The van der Waals surface area contributed by atoms with Crippen LogP contribution in [0.15, 0.2) is 18.2 Å². The number of para-hydroxylation sites is 1. The van der Waals surface area contributed by atoms with Gasteiger partial charge in [0, 0.05) is 18.7 Å². The van der Waals surface area contributed by atoms with Gasteiger partial charge in [0.25, 0.3) is 0 Å². The number of hydrogen-bond acceptors (Lipinski definition) is 4. The third-order valence-corrected chi connectivity index (χ3v) is 5.18. The number of ketones is 1. The molecule has 1 aliphatic heterocycles. The molecule has 5 nitrogen and oxygen atoms in total. The lowest BCUT2D eigenvalue weighted by atomic mass is 9.64. The van der Waals surface area contributed by atoms with Gasteiger partial charge in [0.1, 0.15) is 11.5 Å². The molecule has 6 heteroatoms. The third kappa shape index (κ3) is 3.81. The molecule has 1 saturated carbocycles. The summed E-state index contributed by atoms with van der Waals surface area (Å²) in [5.41, 5.74) is 0.800. The Labute approximate surface area is 142 Å². The van der Waals surface area contributed by atoms with Crippen molar-refractivity contribution < 1.29 is 24.4 Å². The van der Waals surface area contributed by atoms with Crippen LogP contribution in [0.25, 0.3) is 0 Å². The summed E-state index contributed by atoms with van der Waals surface area (Å²) in [6, 6.07) is 4.93. The second-order valence-corrected chi connectivity index (χ2v) is 7.02. The van der Waals surface area contributed by atoms with Crippen molar-refractivity contribution >= 4 is 18.9 Å². The van der Waals surface area contributed by atoms with E-state index >= 15 is 0 Å². The van der Waals surface area contributed by atoms with E-state index in [1.807, 2.05) is 0 Å². The van der Waals surface area contributed by atoms with Crippen molar-refractivity contribution in [2.45, 2.75) is 57.2 Å². The standard InChI is InChI=1S/C18H23BO5/c20-15(9-12-5-2-1-3-6-12)11-14-10-13-7-4-8-16(18(21)22)17(13)24-19(14)23/h4,7-8,12,14,23H,1-3,5-6,9-11H2,(H,21,22)/t14-/m1/s1. The molecule has 0 radical (unpaired) electrons. The predicted molar refractivity (Wildman–Crippen MR) is 90.3 cm³/mol. The Balaban J connectivity index is 1.64. The minimum absolute atomic E-state index is 0.0542. The van der Waals surface area contributed by atoms with E-state index in [1.54, 1.807) is 12.1 Å². The van der Waals surface area contributed by atoms with Crippen LogP contribution < -0.4 is 4.65 Å². The lowest BCUT2D eigenvalue weighted by Gasteiger charge is -2.28. The van der Waals surface area contributed by atoms with Crippen LogP contribution in [0.2, 0.25) is 5.82 Å². The summed E-state index contributed by atoms with van der Waals surface area (Å²) < 4.78 is 5.45. The van der Waals surface area contributed by atoms with Gasteiger partial charge < -0.3 is 14.8 Å². The highest BCUT2D eigenvalue weighted by Crippen LogP contribution is 2.37. The van der Waals surface area contributed by atoms with Crippen LogP contribution in [-0.2, 0) is 11.2 Å². The average Bonchev–Trinajstić information content (AvgIpc) is 2.55. The van der Waals surface area contributed by atoms with E-state index in [0.717, 1.165) is 18.4 Å². The van der Waals surface area contributed by atoms with Gasteiger partial charge in [0.2, 0.25) is 0 Å². The Morgan fingerprint density at radius 1 is 1.17 bits per heavy atom. The summed E-state index contributed by atoms with van der Waals surface area (Å²) >= 11 is 0. The summed E-state index contributed by atoms with van der Waals surface area (Å²) in [6.07, 6.45) is 7.27. The number of Topliss-reactive ketones (excluding diaryl/α,β-unsaturated/α-hetero) is 1. The normalized spacial score (nSPS) is 21.0. The van der Waals surface area contributed by atoms with E-state index in [2.05, 4.69) is 0 Å². The molecule has 0 saturated heterocycles. The number of carbonyl (C=O) groups is 2. The largest absolute Gasteiger partial charge is 0.535 e. The van der Waals surface area contributed by atoms with Crippen molar-refractivity contribution in [3.8, 4) is 5.75 Å². The van der Waals surface area contributed by atoms with Crippen LogP contribution in [0.4, 0.5) is 0 Å². The molecular formula is C18H23BO5. The van der Waals surface area contributed by atoms with E-state index in [-0.39, 0.29) is 29.3 Å². The fourth-order valence-corrected chi connectivity index (χ4v) is 3.92. The minimum Gasteiger partial charge on any atom is -0.535 e. The molecular weight excluding hydrogens is 307 g/mol. The number of carboxylic acid groups (broad SMARTS) is 1. The van der Waals surface area contributed by atoms with Gasteiger partial charge in [-0.1, -0.05) is 44.2 Å². The predicted octanol–water partition coefficient (Wildman–Crippen LogP) is 3.10. The smallest absolute Gasteiger partial charge is 0.526 e. The lowest BCUT2D eigenvalue weighted by molar-refractivity contribution is -0.120. The lowest BCUT2D eigenvalue weighted by Crippen LogP contribution is -2.36. The Hall–Kier alpha value is -1.82. The van der Waals surface area contributed by atoms with E-state index in [0.29, 0.717) is 18.8 Å². The van der Waals surface area contributed by atoms with Crippen LogP contribution in [0.1, 0.15) is 60.9 Å². The van der Waals surface area contributed by atoms with Gasteiger partial charge in [-0.2, -0.15) is 0 Å². The second-order valence-electron chi connectivity index (χ2n) is 7.02. The Bertz CT molecular complexity index is 624. The first-order chi connectivity index (χ1) is 11.5. The molecule has 2 aliphatic rings. The molecule has 0 spiro atoms. The van der Waals surface area contributed by atoms with Gasteiger partial charge in [-0.25, -0.2) is 4.79 Å². The molecule has 128 valence electrons. The highest BCUT2D eigenvalue weighted by molar-refractivity contribution is 6.47. The Morgan fingerprint density at radius 3 is 2.62 bits per heavy atom. The fraction of sp³-hybridized carbons (Fsp3) is 0.556. The number of rotatable bonds is 5. The average molecular weight is 330 g/mol. The zero-order valence-corrected chi connectivity index (χ0v) is 13.7. The molecule has 1 fully saturated rings. The van der Waals surface area contributed by atoms with Gasteiger partial charge in [-0.3, -0.25) is 4.79 Å². The maximum atomic E-state index is 12.4. The number of benzene rings is 1. The summed E-state index contributed by atoms with van der Waals surface area (Å²) in [7, 11) is -1.13. The zero-order valence-electron chi connectivity index (χ0n) is 13.7. The summed E-state index contributed by atoms with van der Waals surface area (Å²) in [4.78, 5) is 23.6. The van der Waals surface area contributed by atoms with E-state index < -0.39 is 13.1 Å². The molecule has 0 amide bonds. The van der Waals surface area contributed by atoms with Crippen LogP contribution in [0.5, 0.6) is 5.75 Å². The van der Waals surface area contributed by atoms with E-state index in [9.17, 15) is 19.7 Å². The molecule has 1 aromatic rings. The molecule has 3 rings (SSSR count). The van der Waals surface area contributed by atoms with Crippen LogP contribution in [0.3, 0.4) is 0 Å². The molecule has 1 aromatic carbocycles. The van der Waals surface area contributed by atoms with Crippen LogP contribution >= 0.6 is 0 Å². The van der Waals surface area contributed by atoms with Gasteiger partial charge in [0.05, 0.1) is 5.56 Å². The minimum atomic E-state index is -1.13. The zero-order chi connectivity index (χ0) is 17.1. The van der Waals surface area contributed by atoms with Gasteiger partial charge in [-0.05, 0) is 24.0 Å². The van der Waals surface area contributed by atoms with Crippen LogP contribution in [-0.4, -0.2) is 29.0 Å². The summed E-state index contributed by atoms with van der Waals surface area (Å²) in [5.74, 6) is -0.497. The molecule has 1 heterocycles. The summed E-state index contributed by atoms with van der Waals surface area (Å²) in [5, 5.41) is 19.4. The summed E-state index contributed by atoms with van der Waals surface area (Å²) in [6.45, 7) is 0. The maximum absolute atomic E-state index is 12.4. The molecule has 1 aliphatic carbocycles. The van der Waals surface area contributed by atoms with E-state index in [1.165, 1.54) is 25.3 Å². The quantitative estimate of drug-likeness (QED) is 0.811. The first kappa shape index (κ1) is 17.0. The van der Waals surface area contributed by atoms with Gasteiger partial charge in [-0.15, -0.1) is 0 Å². The van der Waals surface area contributed by atoms with Crippen molar-refractivity contribution in [3.63, 3.8) is 0 Å². The molecule has 0 bridgehead atoms. The Kier molecular flexibility index (Phi) is 5.24. The SMILES string of the molecule is O=C(CC1CCCCC1)C[C@H]1Cc2cccc(C(=O)O)c2OB1O. The molecule has 1 atom stereocenters. The molecule has 0 aromatic heterocycles. The number of fused-ring (bicyclic) bond motifs is 1. The topological polar surface area (TPSA) is 83.8 Å². The maximum Gasteiger partial charge on any atom is 0.526 e. The van der Waals surface area contributed by atoms with Gasteiger partial charge in [0.15, 0.2) is 0 Å². The van der Waals surface area contributed by atoms with Gasteiger partial charge >= 0.3 is 13.1 Å². The van der Waals surface area contributed by atoms with Crippen molar-refractivity contribution in [2.24, 2.45) is 5.92 Å². The van der Waals surface area contributed by atoms with Crippen LogP contribution in [0, 0.1) is 5.92 Å². The number of carbonyl (C=O) groups excluding carboxylic acids is 1. The number of carboxylic acids is 1. The van der Waals surface area contributed by atoms with Crippen molar-refractivity contribution in [2.75, 3.05) is 0 Å². The first-order valence-electron chi connectivity index (χ1n) is 8.76. The van der Waals surface area contributed by atoms with Crippen molar-refractivity contribution in [1.29, 1.82) is 0 Å². The van der Waals surface area contributed by atoms with E-state index in [4.69, 9.17) is 4.65 Å². The highest BCUT2D eigenvalue weighted by atomic mass is 16.5.